The number of nitrogens with zero attached hydrogens (tertiary/aromatic N) is 1. The Morgan fingerprint density at radius 3 is 2.37 bits per heavy atom. The molecule has 0 N–H and O–H groups in total. The van der Waals surface area contributed by atoms with Gasteiger partial charge in [-0.1, -0.05) is 29.8 Å². The second-order valence-electron chi connectivity index (χ2n) is 5.74. The number of benzene rings is 1. The van der Waals surface area contributed by atoms with E-state index < -0.39 is 5.54 Å². The first-order chi connectivity index (χ1) is 9.00. The normalized spacial score (nSPS) is 17.4. The first-order valence-electron chi connectivity index (χ1n) is 6.92. The number of Topliss-reactive ketones (excluding diaryl/α,β-unsaturated/α-hetero) is 1. The fraction of sp³-hybridized carbons (Fsp3) is 0.562. The molecule has 0 amide bonds. The molecule has 3 heteroatoms. The molecule has 0 spiro atoms. The molecule has 1 fully saturated rings. The summed E-state index contributed by atoms with van der Waals surface area (Å²) in [5.41, 5.74) is 1.91. The van der Waals surface area contributed by atoms with Gasteiger partial charge in [-0.15, -0.1) is 0 Å². The SMILES string of the molecule is Cc1ccc(CC(=O)C(C)(C)N2CCOCC2)cc1. The van der Waals surface area contributed by atoms with Crippen LogP contribution in [0.1, 0.15) is 25.0 Å². The Morgan fingerprint density at radius 1 is 1.21 bits per heavy atom. The van der Waals surface area contributed by atoms with Crippen LogP contribution in [0.3, 0.4) is 0 Å². The van der Waals surface area contributed by atoms with Crippen LogP contribution < -0.4 is 0 Å². The molecular formula is C16H23NO2. The molecule has 3 nitrogen and oxygen atoms in total. The summed E-state index contributed by atoms with van der Waals surface area (Å²) >= 11 is 0. The number of ether oxygens (including phenoxy) is 1. The molecule has 1 aliphatic rings. The first kappa shape index (κ1) is 14.2. The smallest absolute Gasteiger partial charge is 0.156 e. The van der Waals surface area contributed by atoms with E-state index in [1.54, 1.807) is 0 Å². The number of ketones is 1. The van der Waals surface area contributed by atoms with Crippen LogP contribution in [0.4, 0.5) is 0 Å². The highest BCUT2D eigenvalue weighted by Crippen LogP contribution is 2.19. The third-order valence-corrected chi connectivity index (χ3v) is 3.97. The van der Waals surface area contributed by atoms with Gasteiger partial charge < -0.3 is 4.74 Å². The summed E-state index contributed by atoms with van der Waals surface area (Å²) in [5.74, 6) is 0.276. The van der Waals surface area contributed by atoms with Crippen molar-refractivity contribution in [2.75, 3.05) is 26.3 Å². The van der Waals surface area contributed by atoms with Gasteiger partial charge in [-0.2, -0.15) is 0 Å². The van der Waals surface area contributed by atoms with Crippen molar-refractivity contribution >= 4 is 5.78 Å². The fourth-order valence-electron chi connectivity index (χ4n) is 2.41. The van der Waals surface area contributed by atoms with Crippen LogP contribution in [-0.4, -0.2) is 42.5 Å². The Kier molecular flexibility index (Phi) is 4.38. The van der Waals surface area contributed by atoms with Crippen LogP contribution in [0, 0.1) is 6.92 Å². The number of carbonyl (C=O) groups excluding carboxylic acids is 1. The van der Waals surface area contributed by atoms with Crippen molar-refractivity contribution in [1.29, 1.82) is 0 Å². The van der Waals surface area contributed by atoms with Gasteiger partial charge in [0, 0.05) is 19.5 Å². The maximum atomic E-state index is 12.5. The van der Waals surface area contributed by atoms with E-state index in [4.69, 9.17) is 4.74 Å². The van der Waals surface area contributed by atoms with Crippen LogP contribution in [0.5, 0.6) is 0 Å². The Bertz CT molecular complexity index is 431. The van der Waals surface area contributed by atoms with Gasteiger partial charge in [0.1, 0.15) is 0 Å². The lowest BCUT2D eigenvalue weighted by Gasteiger charge is -2.39. The molecule has 0 radical (unpaired) electrons. The molecule has 1 aromatic carbocycles. The molecular weight excluding hydrogens is 238 g/mol. The van der Waals surface area contributed by atoms with Gasteiger partial charge in [-0.05, 0) is 26.3 Å². The summed E-state index contributed by atoms with van der Waals surface area (Å²) in [7, 11) is 0. The van der Waals surface area contributed by atoms with Crippen LogP contribution in [-0.2, 0) is 16.0 Å². The summed E-state index contributed by atoms with van der Waals surface area (Å²) in [6.07, 6.45) is 0.505. The van der Waals surface area contributed by atoms with Crippen molar-refractivity contribution in [1.82, 2.24) is 4.90 Å². The lowest BCUT2D eigenvalue weighted by molar-refractivity contribution is -0.131. The van der Waals surface area contributed by atoms with Crippen molar-refractivity contribution in [2.45, 2.75) is 32.7 Å². The van der Waals surface area contributed by atoms with Crippen molar-refractivity contribution in [2.24, 2.45) is 0 Å². The van der Waals surface area contributed by atoms with Gasteiger partial charge >= 0.3 is 0 Å². The standard InChI is InChI=1S/C16H23NO2/c1-13-4-6-14(7-5-13)12-15(18)16(2,3)17-8-10-19-11-9-17/h4-7H,8-12H2,1-3H3. The zero-order valence-electron chi connectivity index (χ0n) is 12.1. The van der Waals surface area contributed by atoms with Crippen LogP contribution in [0.15, 0.2) is 24.3 Å². The van der Waals surface area contributed by atoms with E-state index in [0.29, 0.717) is 6.42 Å². The molecule has 1 heterocycles. The maximum Gasteiger partial charge on any atom is 0.156 e. The minimum absolute atomic E-state index is 0.276. The minimum Gasteiger partial charge on any atom is -0.379 e. The molecule has 0 saturated carbocycles. The van der Waals surface area contributed by atoms with E-state index in [2.05, 4.69) is 24.0 Å². The number of rotatable bonds is 4. The Balaban J connectivity index is 2.03. The molecule has 1 saturated heterocycles. The number of aryl methyl sites for hydroxylation is 1. The van der Waals surface area contributed by atoms with E-state index in [1.807, 2.05) is 26.0 Å². The average molecular weight is 261 g/mol. The average Bonchev–Trinajstić information content (AvgIpc) is 2.42. The number of hydrogen-bond acceptors (Lipinski definition) is 3. The summed E-state index contributed by atoms with van der Waals surface area (Å²) in [5, 5.41) is 0. The summed E-state index contributed by atoms with van der Waals surface area (Å²) in [6.45, 7) is 9.23. The highest BCUT2D eigenvalue weighted by Gasteiger charge is 2.34. The van der Waals surface area contributed by atoms with Crippen LogP contribution in [0.25, 0.3) is 0 Å². The highest BCUT2D eigenvalue weighted by atomic mass is 16.5. The topological polar surface area (TPSA) is 29.5 Å². The zero-order valence-corrected chi connectivity index (χ0v) is 12.1. The summed E-state index contributed by atoms with van der Waals surface area (Å²) < 4.78 is 5.35. The van der Waals surface area contributed by atoms with Crippen molar-refractivity contribution < 1.29 is 9.53 Å². The Hall–Kier alpha value is -1.19. The van der Waals surface area contributed by atoms with Crippen molar-refractivity contribution in [3.8, 4) is 0 Å². The molecule has 0 unspecified atom stereocenters. The Labute approximate surface area is 115 Å². The lowest BCUT2D eigenvalue weighted by Crippen LogP contribution is -2.54. The second kappa shape index (κ2) is 5.85. The quantitative estimate of drug-likeness (QED) is 0.832. The fourth-order valence-corrected chi connectivity index (χ4v) is 2.41. The molecule has 1 aromatic rings. The van der Waals surface area contributed by atoms with E-state index in [-0.39, 0.29) is 5.78 Å². The third kappa shape index (κ3) is 3.43. The zero-order chi connectivity index (χ0) is 13.9. The molecule has 2 rings (SSSR count). The van der Waals surface area contributed by atoms with E-state index in [0.717, 1.165) is 31.9 Å². The summed E-state index contributed by atoms with van der Waals surface area (Å²) in [4.78, 5) is 14.8. The maximum absolute atomic E-state index is 12.5. The molecule has 1 aliphatic heterocycles. The third-order valence-electron chi connectivity index (χ3n) is 3.97. The van der Waals surface area contributed by atoms with Crippen molar-refractivity contribution in [3.63, 3.8) is 0 Å². The minimum atomic E-state index is -0.408. The van der Waals surface area contributed by atoms with E-state index >= 15 is 0 Å². The van der Waals surface area contributed by atoms with Gasteiger partial charge in [0.15, 0.2) is 5.78 Å². The lowest BCUT2D eigenvalue weighted by atomic mass is 9.91. The van der Waals surface area contributed by atoms with Crippen molar-refractivity contribution in [3.05, 3.63) is 35.4 Å². The molecule has 0 aliphatic carbocycles. The van der Waals surface area contributed by atoms with Gasteiger partial charge in [-0.25, -0.2) is 0 Å². The summed E-state index contributed by atoms with van der Waals surface area (Å²) in [6, 6.07) is 8.21. The van der Waals surface area contributed by atoms with Gasteiger partial charge in [0.2, 0.25) is 0 Å². The van der Waals surface area contributed by atoms with Gasteiger partial charge in [0.25, 0.3) is 0 Å². The van der Waals surface area contributed by atoms with Crippen LogP contribution >= 0.6 is 0 Å². The highest BCUT2D eigenvalue weighted by molar-refractivity contribution is 5.89. The number of hydrogen-bond donors (Lipinski definition) is 0. The molecule has 0 aromatic heterocycles. The predicted octanol–water partition coefficient (Wildman–Crippen LogP) is 2.22. The number of morpholine rings is 1. The first-order valence-corrected chi connectivity index (χ1v) is 6.92. The predicted molar refractivity (Wildman–Crippen MR) is 76.4 cm³/mol. The molecule has 19 heavy (non-hydrogen) atoms. The monoisotopic (exact) mass is 261 g/mol. The second-order valence-corrected chi connectivity index (χ2v) is 5.74. The Morgan fingerprint density at radius 2 is 1.79 bits per heavy atom. The molecule has 104 valence electrons. The van der Waals surface area contributed by atoms with Gasteiger partial charge in [-0.3, -0.25) is 9.69 Å². The van der Waals surface area contributed by atoms with Crippen LogP contribution in [0.2, 0.25) is 0 Å². The van der Waals surface area contributed by atoms with Gasteiger partial charge in [0.05, 0.1) is 18.8 Å². The number of carbonyl (C=O) groups is 1. The van der Waals surface area contributed by atoms with E-state index in [1.165, 1.54) is 5.56 Å². The molecule has 0 atom stereocenters. The largest absolute Gasteiger partial charge is 0.379 e. The molecule has 0 bridgehead atoms. The van der Waals surface area contributed by atoms with E-state index in [9.17, 15) is 4.79 Å².